The third-order valence-electron chi connectivity index (χ3n) is 10.7. The molecule has 1 aliphatic heterocycles. The van der Waals surface area contributed by atoms with Gasteiger partial charge in [-0.2, -0.15) is 0 Å². The summed E-state index contributed by atoms with van der Waals surface area (Å²) >= 11 is 0. The Morgan fingerprint density at radius 2 is 1.61 bits per heavy atom. The number of pyridine rings is 1. The summed E-state index contributed by atoms with van der Waals surface area (Å²) in [6.45, 7) is 1.94. The highest BCUT2D eigenvalue weighted by Crippen LogP contribution is 2.44. The molecule has 1 aliphatic carbocycles. The van der Waals surface area contributed by atoms with Crippen LogP contribution in [0.3, 0.4) is 0 Å². The molecular weight excluding hydrogens is 723 g/mol. The summed E-state index contributed by atoms with van der Waals surface area (Å²) in [5.74, 6) is -1.87. The highest BCUT2D eigenvalue weighted by Gasteiger charge is 2.49. The number of hydrogen-bond acceptors (Lipinski definition) is 9. The molecule has 1 fully saturated rings. The molecule has 5 aromatic rings. The number of amides is 2. The van der Waals surface area contributed by atoms with Crippen LogP contribution in [0, 0.1) is 5.92 Å². The van der Waals surface area contributed by atoms with E-state index in [1.165, 1.54) is 4.90 Å². The molecule has 57 heavy (non-hydrogen) atoms. The first kappa shape index (κ1) is 39.2. The van der Waals surface area contributed by atoms with Gasteiger partial charge in [-0.3, -0.25) is 19.3 Å². The van der Waals surface area contributed by atoms with E-state index in [0.717, 1.165) is 43.1 Å². The van der Waals surface area contributed by atoms with Crippen LogP contribution in [-0.4, -0.2) is 65.8 Å². The third-order valence-corrected chi connectivity index (χ3v) is 10.7. The fraction of sp³-hybridized carbons (Fsp3) is 0.326. The third kappa shape index (κ3) is 8.84. The van der Waals surface area contributed by atoms with Gasteiger partial charge in [0.15, 0.2) is 0 Å². The number of fused-ring (bicyclic) bond motifs is 2. The van der Waals surface area contributed by atoms with Crippen LogP contribution in [0.5, 0.6) is 5.75 Å². The number of anilines is 1. The number of rotatable bonds is 13. The molecule has 294 valence electrons. The van der Waals surface area contributed by atoms with Gasteiger partial charge in [-0.25, -0.2) is 9.78 Å². The van der Waals surface area contributed by atoms with Gasteiger partial charge < -0.3 is 24.6 Å². The summed E-state index contributed by atoms with van der Waals surface area (Å²) in [7, 11) is 0. The minimum absolute atomic E-state index is 0.0654. The summed E-state index contributed by atoms with van der Waals surface area (Å²) in [5.41, 5.74) is 3.28. The zero-order valence-corrected chi connectivity index (χ0v) is 32.0. The number of esters is 2. The van der Waals surface area contributed by atoms with Crippen molar-refractivity contribution in [1.82, 2.24) is 10.3 Å². The van der Waals surface area contributed by atoms with E-state index >= 15 is 0 Å². The molecule has 0 bridgehead atoms. The van der Waals surface area contributed by atoms with Crippen molar-refractivity contribution in [3.8, 4) is 16.9 Å². The van der Waals surface area contributed by atoms with Gasteiger partial charge in [0.05, 0.1) is 48.5 Å². The number of carbonyl (C=O) groups excluding carboxylic acids is 4. The average Bonchev–Trinajstić information content (AvgIpc) is 3.25. The van der Waals surface area contributed by atoms with Crippen molar-refractivity contribution in [2.75, 3.05) is 24.7 Å². The van der Waals surface area contributed by atoms with E-state index in [-0.39, 0.29) is 49.3 Å². The molecule has 4 aromatic carbocycles. The van der Waals surface area contributed by atoms with Gasteiger partial charge in [0.1, 0.15) is 17.5 Å². The quantitative estimate of drug-likeness (QED) is 0.0914. The normalized spacial score (nSPS) is 18.0. The number of nitrogens with zero attached hydrogens (tertiary/aromatic N) is 2. The number of aliphatic hydroxyl groups is 1. The second kappa shape index (κ2) is 18.3. The second-order valence-corrected chi connectivity index (χ2v) is 14.4. The Morgan fingerprint density at radius 3 is 2.40 bits per heavy atom. The lowest BCUT2D eigenvalue weighted by Crippen LogP contribution is -2.59. The number of nitrogens with one attached hydrogen (secondary N) is 1. The fourth-order valence-electron chi connectivity index (χ4n) is 7.90. The molecule has 2 amide bonds. The molecule has 0 spiro atoms. The number of hydrogen-bond donors (Lipinski definition) is 2. The SMILES string of the molecule is CCOC(=O)C[C@H]1[C@H](OC(=O)c2ccccc2-c2ccccc2)[C@@H](NC(=O)C2CCCCC2)c2cc(OCCCO)ccc2N1C(=O)c1ccc2ccccc2n1. The minimum atomic E-state index is -1.28. The van der Waals surface area contributed by atoms with Crippen LogP contribution >= 0.6 is 0 Å². The summed E-state index contributed by atoms with van der Waals surface area (Å²) < 4.78 is 18.0. The zero-order valence-electron chi connectivity index (χ0n) is 32.0. The second-order valence-electron chi connectivity index (χ2n) is 14.4. The maximum atomic E-state index is 15.0. The Kier molecular flexibility index (Phi) is 12.5. The van der Waals surface area contributed by atoms with Gasteiger partial charge >= 0.3 is 11.9 Å². The first-order chi connectivity index (χ1) is 27.9. The molecule has 0 saturated heterocycles. The molecule has 0 radical (unpaired) electrons. The average molecular weight is 770 g/mol. The van der Waals surface area contributed by atoms with Crippen molar-refractivity contribution >= 4 is 40.3 Å². The van der Waals surface area contributed by atoms with Crippen molar-refractivity contribution < 1.29 is 38.5 Å². The van der Waals surface area contributed by atoms with Gasteiger partial charge in [-0.05, 0) is 67.3 Å². The van der Waals surface area contributed by atoms with Crippen molar-refractivity contribution in [2.45, 2.75) is 70.1 Å². The van der Waals surface area contributed by atoms with Crippen molar-refractivity contribution in [3.05, 3.63) is 126 Å². The Labute approximate surface area is 332 Å². The lowest BCUT2D eigenvalue weighted by Gasteiger charge is -2.46. The van der Waals surface area contributed by atoms with Crippen LogP contribution in [0.4, 0.5) is 5.69 Å². The lowest BCUT2D eigenvalue weighted by atomic mass is 9.84. The number of aromatic nitrogens is 1. The highest BCUT2D eigenvalue weighted by molar-refractivity contribution is 6.08. The van der Waals surface area contributed by atoms with E-state index in [1.807, 2.05) is 72.8 Å². The largest absolute Gasteiger partial charge is 0.493 e. The van der Waals surface area contributed by atoms with Crippen LogP contribution in [0.1, 0.15) is 84.3 Å². The Hall–Kier alpha value is -6.07. The molecule has 2 heterocycles. The van der Waals surface area contributed by atoms with E-state index in [0.29, 0.717) is 34.5 Å². The zero-order chi connectivity index (χ0) is 39.7. The van der Waals surface area contributed by atoms with Crippen molar-refractivity contribution in [3.63, 3.8) is 0 Å². The molecule has 11 nitrogen and oxygen atoms in total. The van der Waals surface area contributed by atoms with Gasteiger partial charge in [0, 0.05) is 29.9 Å². The van der Waals surface area contributed by atoms with Gasteiger partial charge in [0.2, 0.25) is 5.91 Å². The molecule has 0 unspecified atom stereocenters. The number of para-hydroxylation sites is 1. The molecule has 11 heteroatoms. The van der Waals surface area contributed by atoms with E-state index < -0.39 is 36.0 Å². The van der Waals surface area contributed by atoms with Crippen LogP contribution in [0.25, 0.3) is 22.0 Å². The lowest BCUT2D eigenvalue weighted by molar-refractivity contribution is -0.144. The van der Waals surface area contributed by atoms with Crippen LogP contribution in [-0.2, 0) is 19.1 Å². The van der Waals surface area contributed by atoms with Crippen LogP contribution in [0.15, 0.2) is 109 Å². The maximum Gasteiger partial charge on any atom is 0.339 e. The smallest absolute Gasteiger partial charge is 0.339 e. The monoisotopic (exact) mass is 769 g/mol. The van der Waals surface area contributed by atoms with E-state index in [4.69, 9.17) is 19.2 Å². The maximum absolute atomic E-state index is 15.0. The molecule has 2 N–H and O–H groups in total. The van der Waals surface area contributed by atoms with Gasteiger partial charge in [0.25, 0.3) is 5.91 Å². The molecule has 7 rings (SSSR count). The Balaban J connectivity index is 1.39. The minimum Gasteiger partial charge on any atom is -0.493 e. The molecular formula is C46H47N3O8. The van der Waals surface area contributed by atoms with E-state index in [9.17, 15) is 24.3 Å². The Bertz CT molecular complexity index is 2220. The predicted molar refractivity (Wildman–Crippen MR) is 216 cm³/mol. The van der Waals surface area contributed by atoms with Gasteiger partial charge in [-0.1, -0.05) is 92.1 Å². The van der Waals surface area contributed by atoms with Crippen molar-refractivity contribution in [2.24, 2.45) is 5.92 Å². The van der Waals surface area contributed by atoms with Crippen molar-refractivity contribution in [1.29, 1.82) is 0 Å². The summed E-state index contributed by atoms with van der Waals surface area (Å²) in [6.07, 6.45) is 3.09. The van der Waals surface area contributed by atoms with Gasteiger partial charge in [-0.15, -0.1) is 0 Å². The highest BCUT2D eigenvalue weighted by atomic mass is 16.5. The standard InChI is InChI=1S/C46H47N3O8/c1-2-55-41(51)29-40-43(57-46(54)35-20-11-10-19-34(35)30-14-5-3-6-15-30)42(48-44(52)32-17-7-4-8-18-32)36-28-33(56-27-13-26-50)23-25-39(36)49(40)45(53)38-24-22-31-16-9-12-21-37(31)47-38/h3,5-6,9-12,14-16,19-25,28,32,40,42-43,50H,2,4,7-8,13,17-18,26-27,29H2,1H3,(H,48,52)/t40-,42-,43-/m0/s1. The number of benzene rings is 4. The summed E-state index contributed by atoms with van der Waals surface area (Å²) in [4.78, 5) is 63.6. The van der Waals surface area contributed by atoms with E-state index in [1.54, 1.807) is 43.3 Å². The molecule has 3 atom stereocenters. The topological polar surface area (TPSA) is 144 Å². The molecule has 1 saturated carbocycles. The molecule has 2 aliphatic rings. The Morgan fingerprint density at radius 1 is 0.860 bits per heavy atom. The number of carbonyl (C=O) groups is 4. The molecule has 1 aromatic heterocycles. The van der Waals surface area contributed by atoms with Crippen LogP contribution < -0.4 is 15.0 Å². The summed E-state index contributed by atoms with van der Waals surface area (Å²) in [5, 5.41) is 13.5. The number of aliphatic hydroxyl groups excluding tert-OH is 1. The fourth-order valence-corrected chi connectivity index (χ4v) is 7.90. The van der Waals surface area contributed by atoms with Crippen LogP contribution in [0.2, 0.25) is 0 Å². The number of ether oxygens (including phenoxy) is 3. The predicted octanol–water partition coefficient (Wildman–Crippen LogP) is 7.61. The van der Waals surface area contributed by atoms with E-state index in [2.05, 4.69) is 5.32 Å². The first-order valence-corrected chi connectivity index (χ1v) is 19.7. The summed E-state index contributed by atoms with van der Waals surface area (Å²) in [6, 6.07) is 30.4. The first-order valence-electron chi connectivity index (χ1n) is 19.7.